The molecule has 0 aromatic heterocycles. The highest BCUT2D eigenvalue weighted by Gasteiger charge is 2.16. The lowest BCUT2D eigenvalue weighted by molar-refractivity contribution is 0.464. The Morgan fingerprint density at radius 1 is 1.43 bits per heavy atom. The van der Waals surface area contributed by atoms with E-state index in [-0.39, 0.29) is 16.9 Å². The molecule has 0 saturated heterocycles. The summed E-state index contributed by atoms with van der Waals surface area (Å²) >= 11 is 3.15. The summed E-state index contributed by atoms with van der Waals surface area (Å²) in [4.78, 5) is 0. The lowest BCUT2D eigenvalue weighted by atomic mass is 10.0. The zero-order valence-corrected chi connectivity index (χ0v) is 8.62. The molecule has 0 bridgehead atoms. The highest BCUT2D eigenvalue weighted by molar-refractivity contribution is 9.10. The van der Waals surface area contributed by atoms with E-state index in [1.807, 2.05) is 0 Å². The molecule has 0 radical (unpaired) electrons. The van der Waals surface area contributed by atoms with Crippen LogP contribution in [0.3, 0.4) is 0 Å². The van der Waals surface area contributed by atoms with E-state index in [0.29, 0.717) is 4.47 Å². The van der Waals surface area contributed by atoms with Crippen molar-refractivity contribution < 1.29 is 5.11 Å². The monoisotopic (exact) mass is 251 g/mol. The van der Waals surface area contributed by atoms with Gasteiger partial charge in [-0.25, -0.2) is 0 Å². The molecule has 0 aliphatic rings. The SMILES string of the molecule is N#Cc1ccc(Br)c(C(N)C#N)c1O. The van der Waals surface area contributed by atoms with Crippen LogP contribution in [0.4, 0.5) is 0 Å². The van der Waals surface area contributed by atoms with Gasteiger partial charge in [0.05, 0.1) is 11.6 Å². The van der Waals surface area contributed by atoms with Crippen molar-refractivity contribution in [1.82, 2.24) is 0 Å². The van der Waals surface area contributed by atoms with Crippen molar-refractivity contribution in [1.29, 1.82) is 10.5 Å². The van der Waals surface area contributed by atoms with Crippen LogP contribution in [-0.4, -0.2) is 5.11 Å². The quantitative estimate of drug-likeness (QED) is 0.792. The van der Waals surface area contributed by atoms with Crippen molar-refractivity contribution in [2.24, 2.45) is 5.73 Å². The van der Waals surface area contributed by atoms with Gasteiger partial charge in [0.1, 0.15) is 17.9 Å². The van der Waals surface area contributed by atoms with Gasteiger partial charge in [0.2, 0.25) is 0 Å². The number of nitrogens with zero attached hydrogens (tertiary/aromatic N) is 2. The fourth-order valence-electron chi connectivity index (χ4n) is 1.03. The summed E-state index contributed by atoms with van der Waals surface area (Å²) in [5.74, 6) is -0.240. The number of nitrogens with two attached hydrogens (primary N) is 1. The molecule has 0 aliphatic heterocycles. The first-order valence-electron chi connectivity index (χ1n) is 3.68. The van der Waals surface area contributed by atoms with E-state index < -0.39 is 6.04 Å². The molecule has 5 heteroatoms. The van der Waals surface area contributed by atoms with Gasteiger partial charge in [-0.1, -0.05) is 15.9 Å². The summed E-state index contributed by atoms with van der Waals surface area (Å²) in [6.45, 7) is 0. The predicted octanol–water partition coefficient (Wildman–Crippen LogP) is 1.55. The first kappa shape index (κ1) is 10.5. The van der Waals surface area contributed by atoms with E-state index in [9.17, 15) is 5.11 Å². The van der Waals surface area contributed by atoms with E-state index in [4.69, 9.17) is 16.3 Å². The Balaban J connectivity index is 3.43. The van der Waals surface area contributed by atoms with Crippen LogP contribution in [0.1, 0.15) is 17.2 Å². The van der Waals surface area contributed by atoms with Gasteiger partial charge in [-0.2, -0.15) is 10.5 Å². The average molecular weight is 252 g/mol. The molecule has 14 heavy (non-hydrogen) atoms. The number of phenolic OH excluding ortho intramolecular Hbond substituents is 1. The Morgan fingerprint density at radius 3 is 2.57 bits per heavy atom. The topological polar surface area (TPSA) is 93.8 Å². The molecule has 3 N–H and O–H groups in total. The van der Waals surface area contributed by atoms with E-state index in [0.717, 1.165) is 0 Å². The van der Waals surface area contributed by atoms with Crippen LogP contribution in [0.5, 0.6) is 5.75 Å². The lowest BCUT2D eigenvalue weighted by Gasteiger charge is -2.09. The van der Waals surface area contributed by atoms with E-state index >= 15 is 0 Å². The molecule has 70 valence electrons. The molecule has 0 spiro atoms. The fraction of sp³-hybridized carbons (Fsp3) is 0.111. The van der Waals surface area contributed by atoms with Gasteiger partial charge in [0.25, 0.3) is 0 Å². The van der Waals surface area contributed by atoms with Crippen LogP contribution in [-0.2, 0) is 0 Å². The molecule has 1 aromatic rings. The number of nitriles is 2. The highest BCUT2D eigenvalue weighted by atomic mass is 79.9. The van der Waals surface area contributed by atoms with Gasteiger partial charge in [-0.15, -0.1) is 0 Å². The molecular formula is C9H6BrN3O. The molecule has 0 heterocycles. The van der Waals surface area contributed by atoms with Gasteiger partial charge in [-0.05, 0) is 12.1 Å². The first-order valence-corrected chi connectivity index (χ1v) is 4.47. The van der Waals surface area contributed by atoms with Gasteiger partial charge in [0.15, 0.2) is 0 Å². The Hall–Kier alpha value is -1.56. The van der Waals surface area contributed by atoms with Crippen LogP contribution < -0.4 is 5.73 Å². The van der Waals surface area contributed by atoms with Crippen molar-refractivity contribution in [2.75, 3.05) is 0 Å². The Labute approximate surface area is 89.3 Å². The third kappa shape index (κ3) is 1.69. The molecule has 0 fully saturated rings. The first-order chi connectivity index (χ1) is 6.61. The second kappa shape index (κ2) is 4.10. The molecule has 0 saturated carbocycles. The van der Waals surface area contributed by atoms with Gasteiger partial charge in [-0.3, -0.25) is 0 Å². The third-order valence-electron chi connectivity index (χ3n) is 1.73. The zero-order chi connectivity index (χ0) is 10.7. The fourth-order valence-corrected chi connectivity index (χ4v) is 1.60. The summed E-state index contributed by atoms with van der Waals surface area (Å²) in [5, 5.41) is 26.8. The largest absolute Gasteiger partial charge is 0.506 e. The summed E-state index contributed by atoms with van der Waals surface area (Å²) in [7, 11) is 0. The summed E-state index contributed by atoms with van der Waals surface area (Å²) < 4.78 is 0.517. The molecule has 0 aliphatic carbocycles. The Bertz CT molecular complexity index is 445. The summed E-state index contributed by atoms with van der Waals surface area (Å²) in [5.41, 5.74) is 5.81. The number of hydrogen-bond acceptors (Lipinski definition) is 4. The number of aromatic hydroxyl groups is 1. The highest BCUT2D eigenvalue weighted by Crippen LogP contribution is 2.33. The van der Waals surface area contributed by atoms with Crippen LogP contribution in [0, 0.1) is 22.7 Å². The summed E-state index contributed by atoms with van der Waals surface area (Å²) in [6, 6.07) is 5.68. The number of benzene rings is 1. The van der Waals surface area contributed by atoms with Crippen molar-refractivity contribution in [2.45, 2.75) is 6.04 Å². The van der Waals surface area contributed by atoms with Crippen LogP contribution in [0.15, 0.2) is 16.6 Å². The smallest absolute Gasteiger partial charge is 0.140 e. The van der Waals surface area contributed by atoms with Crippen molar-refractivity contribution in [3.63, 3.8) is 0 Å². The van der Waals surface area contributed by atoms with Gasteiger partial charge >= 0.3 is 0 Å². The van der Waals surface area contributed by atoms with Crippen LogP contribution in [0.2, 0.25) is 0 Å². The normalized spacial score (nSPS) is 11.4. The average Bonchev–Trinajstić information content (AvgIpc) is 2.18. The minimum Gasteiger partial charge on any atom is -0.506 e. The second-order valence-electron chi connectivity index (χ2n) is 2.58. The van der Waals surface area contributed by atoms with Gasteiger partial charge in [0, 0.05) is 10.0 Å². The molecule has 1 rings (SSSR count). The maximum atomic E-state index is 9.59. The van der Waals surface area contributed by atoms with E-state index in [1.165, 1.54) is 6.07 Å². The van der Waals surface area contributed by atoms with Gasteiger partial charge < -0.3 is 10.8 Å². The molecule has 1 unspecified atom stereocenters. The molecule has 1 aromatic carbocycles. The van der Waals surface area contributed by atoms with Crippen LogP contribution in [0.25, 0.3) is 0 Å². The maximum Gasteiger partial charge on any atom is 0.140 e. The molecule has 1 atom stereocenters. The molecular weight excluding hydrogens is 246 g/mol. The van der Waals surface area contributed by atoms with E-state index in [2.05, 4.69) is 15.9 Å². The number of rotatable bonds is 1. The molecule has 4 nitrogen and oxygen atoms in total. The van der Waals surface area contributed by atoms with Crippen molar-refractivity contribution in [3.05, 3.63) is 27.7 Å². The Kier molecular flexibility index (Phi) is 3.08. The summed E-state index contributed by atoms with van der Waals surface area (Å²) in [6.07, 6.45) is 0. The number of phenols is 1. The minimum atomic E-state index is -0.947. The van der Waals surface area contributed by atoms with Crippen molar-refractivity contribution >= 4 is 15.9 Å². The number of hydrogen-bond donors (Lipinski definition) is 2. The number of halogens is 1. The lowest BCUT2D eigenvalue weighted by Crippen LogP contribution is -2.08. The van der Waals surface area contributed by atoms with Crippen molar-refractivity contribution in [3.8, 4) is 17.9 Å². The standard InChI is InChI=1S/C9H6BrN3O/c10-6-2-1-5(3-11)9(14)8(6)7(13)4-12/h1-2,7,14H,13H2. The predicted molar refractivity (Wildman–Crippen MR) is 53.1 cm³/mol. The van der Waals surface area contributed by atoms with E-state index in [1.54, 1.807) is 18.2 Å². The minimum absolute atomic E-state index is 0.105. The maximum absolute atomic E-state index is 9.59. The Morgan fingerprint density at radius 2 is 2.07 bits per heavy atom. The zero-order valence-electron chi connectivity index (χ0n) is 7.03. The molecule has 0 amide bonds. The van der Waals surface area contributed by atoms with Crippen LogP contribution >= 0.6 is 15.9 Å². The third-order valence-corrected chi connectivity index (χ3v) is 2.43. The second-order valence-corrected chi connectivity index (χ2v) is 3.43.